The molecule has 1 aliphatic carbocycles. The summed E-state index contributed by atoms with van der Waals surface area (Å²) in [6.45, 7) is 0.724. The molecule has 0 radical (unpaired) electrons. The molecule has 1 fully saturated rings. The molecule has 3 aromatic rings. The molecule has 1 aliphatic heterocycles. The van der Waals surface area contributed by atoms with Gasteiger partial charge in [-0.2, -0.15) is 0 Å². The van der Waals surface area contributed by atoms with Crippen molar-refractivity contribution in [3.05, 3.63) is 81.8 Å². The van der Waals surface area contributed by atoms with Crippen LogP contribution in [0.3, 0.4) is 0 Å². The molecule has 1 unspecified atom stereocenters. The minimum atomic E-state index is -0.570. The summed E-state index contributed by atoms with van der Waals surface area (Å²) in [6.07, 6.45) is 2.40. The van der Waals surface area contributed by atoms with Gasteiger partial charge in [-0.15, -0.1) is 11.3 Å². The van der Waals surface area contributed by atoms with Crippen molar-refractivity contribution < 1.29 is 23.5 Å². The molecule has 2 aliphatic rings. The lowest BCUT2D eigenvalue weighted by atomic mass is 10.00. The number of para-hydroxylation sites is 2. The maximum atomic E-state index is 14.3. The molecule has 6 nitrogen and oxygen atoms in total. The fourth-order valence-electron chi connectivity index (χ4n) is 4.56. The van der Waals surface area contributed by atoms with E-state index in [1.54, 1.807) is 35.5 Å². The zero-order chi connectivity index (χ0) is 24.4. The molecular formula is C27H27FN2O4S. The quantitative estimate of drug-likeness (QED) is 0.455. The summed E-state index contributed by atoms with van der Waals surface area (Å²) < 4.78 is 25.8. The Kier molecular flexibility index (Phi) is 6.72. The third kappa shape index (κ3) is 4.89. The number of carbonyl (C=O) groups is 2. The Morgan fingerprint density at radius 3 is 2.57 bits per heavy atom. The fraction of sp³-hybridized carbons (Fsp3) is 0.333. The second-order valence-electron chi connectivity index (χ2n) is 8.76. The third-order valence-electron chi connectivity index (χ3n) is 6.54. The molecular weight excluding hydrogens is 467 g/mol. The number of nitrogens with zero attached hydrogens (tertiary/aromatic N) is 2. The van der Waals surface area contributed by atoms with E-state index in [4.69, 9.17) is 9.47 Å². The molecule has 5 rings (SSSR count). The first-order valence-electron chi connectivity index (χ1n) is 11.7. The second kappa shape index (κ2) is 10.1. The third-order valence-corrected chi connectivity index (χ3v) is 7.54. The zero-order valence-electron chi connectivity index (χ0n) is 19.5. The topological polar surface area (TPSA) is 59.1 Å². The van der Waals surface area contributed by atoms with Gasteiger partial charge in [0, 0.05) is 17.5 Å². The van der Waals surface area contributed by atoms with E-state index in [-0.39, 0.29) is 36.7 Å². The van der Waals surface area contributed by atoms with Crippen molar-refractivity contribution in [3.8, 4) is 11.5 Å². The molecule has 1 aromatic heterocycles. The Hall–Kier alpha value is -3.39. The molecule has 2 heterocycles. The highest BCUT2D eigenvalue weighted by Gasteiger charge is 2.38. The second-order valence-corrected chi connectivity index (χ2v) is 9.76. The minimum Gasteiger partial charge on any atom is -0.493 e. The van der Waals surface area contributed by atoms with Gasteiger partial charge >= 0.3 is 0 Å². The highest BCUT2D eigenvalue weighted by atomic mass is 32.1. The summed E-state index contributed by atoms with van der Waals surface area (Å²) in [6, 6.07) is 15.1. The average Bonchev–Trinajstić information content (AvgIpc) is 3.61. The minimum absolute atomic E-state index is 0.00187. The van der Waals surface area contributed by atoms with Crippen LogP contribution in [0.25, 0.3) is 0 Å². The summed E-state index contributed by atoms with van der Waals surface area (Å²) in [7, 11) is 1.59. The molecule has 0 spiro atoms. The number of halogens is 1. The van der Waals surface area contributed by atoms with Gasteiger partial charge in [0.15, 0.2) is 11.5 Å². The van der Waals surface area contributed by atoms with Gasteiger partial charge in [0.25, 0.3) is 5.91 Å². The first-order valence-corrected chi connectivity index (χ1v) is 12.6. The Labute approximate surface area is 207 Å². The zero-order valence-corrected chi connectivity index (χ0v) is 20.3. The number of fused-ring (bicyclic) bond motifs is 1. The largest absolute Gasteiger partial charge is 0.493 e. The standard InChI is InChI=1S/C27H27FN2O4S/c1-33-23-8-4-5-9-24(23)34-17-22-20-13-15-35-25(20)12-14-29(22)26(31)16-30(18-10-11-18)27(32)19-6-2-3-7-21(19)28/h2-9,13,15,18,22H,10-12,14,16-17H2,1H3. The van der Waals surface area contributed by atoms with Crippen LogP contribution in [-0.2, 0) is 11.2 Å². The van der Waals surface area contributed by atoms with E-state index in [9.17, 15) is 14.0 Å². The van der Waals surface area contributed by atoms with Gasteiger partial charge in [0.05, 0.1) is 18.7 Å². The average molecular weight is 495 g/mol. The summed E-state index contributed by atoms with van der Waals surface area (Å²) in [5.41, 5.74) is 1.07. The number of rotatable bonds is 8. The lowest BCUT2D eigenvalue weighted by molar-refractivity contribution is -0.135. The van der Waals surface area contributed by atoms with Gasteiger partial charge in [-0.25, -0.2) is 4.39 Å². The lowest BCUT2D eigenvalue weighted by Gasteiger charge is -2.37. The Bertz CT molecular complexity index is 1230. The highest BCUT2D eigenvalue weighted by molar-refractivity contribution is 7.10. The number of methoxy groups -OCH3 is 1. The van der Waals surface area contributed by atoms with Gasteiger partial charge in [-0.1, -0.05) is 24.3 Å². The van der Waals surface area contributed by atoms with Gasteiger partial charge in [0.2, 0.25) is 5.91 Å². The number of thiophene rings is 1. The Morgan fingerprint density at radius 1 is 1.09 bits per heavy atom. The molecule has 8 heteroatoms. The normalized spacial score (nSPS) is 17.0. The maximum absolute atomic E-state index is 14.3. The molecule has 35 heavy (non-hydrogen) atoms. The molecule has 182 valence electrons. The summed E-state index contributed by atoms with van der Waals surface area (Å²) in [5.74, 6) is 0.0712. The predicted molar refractivity (Wildman–Crippen MR) is 131 cm³/mol. The van der Waals surface area contributed by atoms with Gasteiger partial charge in [-0.05, 0) is 60.5 Å². The van der Waals surface area contributed by atoms with E-state index in [1.165, 1.54) is 21.9 Å². The molecule has 0 saturated heterocycles. The van der Waals surface area contributed by atoms with Crippen molar-refractivity contribution in [1.82, 2.24) is 9.80 Å². The van der Waals surface area contributed by atoms with Crippen molar-refractivity contribution in [2.45, 2.75) is 31.3 Å². The summed E-state index contributed by atoms with van der Waals surface area (Å²) >= 11 is 1.68. The number of benzene rings is 2. The van der Waals surface area contributed by atoms with E-state index >= 15 is 0 Å². The number of hydrogen-bond donors (Lipinski definition) is 0. The predicted octanol–water partition coefficient (Wildman–Crippen LogP) is 4.71. The van der Waals surface area contributed by atoms with Crippen LogP contribution in [-0.4, -0.2) is 54.5 Å². The van der Waals surface area contributed by atoms with Crippen LogP contribution in [0.5, 0.6) is 11.5 Å². The molecule has 0 bridgehead atoms. The summed E-state index contributed by atoms with van der Waals surface area (Å²) in [5, 5.41) is 2.03. The van der Waals surface area contributed by atoms with Gasteiger partial charge < -0.3 is 19.3 Å². The Balaban J connectivity index is 1.36. The number of ether oxygens (including phenoxy) is 2. The van der Waals surface area contributed by atoms with Crippen molar-refractivity contribution in [1.29, 1.82) is 0 Å². The van der Waals surface area contributed by atoms with Crippen molar-refractivity contribution in [3.63, 3.8) is 0 Å². The highest BCUT2D eigenvalue weighted by Crippen LogP contribution is 2.36. The van der Waals surface area contributed by atoms with Gasteiger partial charge in [-0.3, -0.25) is 9.59 Å². The molecule has 0 N–H and O–H groups in total. The van der Waals surface area contributed by atoms with Crippen LogP contribution < -0.4 is 9.47 Å². The van der Waals surface area contributed by atoms with Crippen LogP contribution in [0, 0.1) is 5.82 Å². The number of hydrogen-bond acceptors (Lipinski definition) is 5. The van der Waals surface area contributed by atoms with Crippen LogP contribution in [0.1, 0.15) is 39.7 Å². The van der Waals surface area contributed by atoms with E-state index < -0.39 is 11.7 Å². The molecule has 2 aromatic carbocycles. The first-order chi connectivity index (χ1) is 17.1. The molecule has 1 atom stereocenters. The maximum Gasteiger partial charge on any atom is 0.257 e. The Morgan fingerprint density at radius 2 is 1.83 bits per heavy atom. The lowest BCUT2D eigenvalue weighted by Crippen LogP contribution is -2.48. The van der Waals surface area contributed by atoms with E-state index in [0.717, 1.165) is 24.8 Å². The molecule has 1 saturated carbocycles. The van der Waals surface area contributed by atoms with Crippen LogP contribution in [0.15, 0.2) is 60.0 Å². The van der Waals surface area contributed by atoms with E-state index in [0.29, 0.717) is 18.0 Å². The smallest absolute Gasteiger partial charge is 0.257 e. The van der Waals surface area contributed by atoms with Crippen molar-refractivity contribution in [2.24, 2.45) is 0 Å². The van der Waals surface area contributed by atoms with Crippen molar-refractivity contribution in [2.75, 3.05) is 26.8 Å². The number of amides is 2. The van der Waals surface area contributed by atoms with Crippen LogP contribution in [0.4, 0.5) is 4.39 Å². The van der Waals surface area contributed by atoms with Crippen LogP contribution >= 0.6 is 11.3 Å². The first kappa shape index (κ1) is 23.4. The van der Waals surface area contributed by atoms with E-state index in [2.05, 4.69) is 0 Å². The van der Waals surface area contributed by atoms with Crippen molar-refractivity contribution >= 4 is 23.2 Å². The van der Waals surface area contributed by atoms with Gasteiger partial charge in [0.1, 0.15) is 19.0 Å². The number of carbonyl (C=O) groups excluding carboxylic acids is 2. The SMILES string of the molecule is COc1ccccc1OCC1c2ccsc2CCN1C(=O)CN(C(=O)c1ccccc1F)C1CC1. The van der Waals surface area contributed by atoms with Crippen LogP contribution in [0.2, 0.25) is 0 Å². The monoisotopic (exact) mass is 494 g/mol. The molecule has 2 amide bonds. The van der Waals surface area contributed by atoms with E-state index in [1.807, 2.05) is 35.7 Å². The summed E-state index contributed by atoms with van der Waals surface area (Å²) in [4.78, 5) is 31.3. The fourth-order valence-corrected chi connectivity index (χ4v) is 5.49.